The summed E-state index contributed by atoms with van der Waals surface area (Å²) in [6, 6.07) is 23.7. The molecule has 0 saturated carbocycles. The number of nitrogens with two attached hydrogens (primary N) is 1. The van der Waals surface area contributed by atoms with Crippen LogP contribution in [0.15, 0.2) is 98.2 Å². The number of aliphatic imine (C=N–C) groups is 1. The predicted molar refractivity (Wildman–Crippen MR) is 137 cm³/mol. The maximum atomic E-state index is 13.0. The molecule has 0 bridgehead atoms. The third-order valence-corrected chi connectivity index (χ3v) is 6.81. The van der Waals surface area contributed by atoms with Gasteiger partial charge in [0.1, 0.15) is 0 Å². The second kappa shape index (κ2) is 9.79. The second-order valence-electron chi connectivity index (χ2n) is 7.97. The van der Waals surface area contributed by atoms with Gasteiger partial charge in [0.15, 0.2) is 0 Å². The van der Waals surface area contributed by atoms with E-state index in [0.717, 1.165) is 22.4 Å². The molecule has 9 heteroatoms. The largest absolute Gasteiger partial charge is 0.387 e. The Morgan fingerprint density at radius 3 is 2.29 bits per heavy atom. The fraction of sp³-hybridized carbons (Fsp3) is 0.160. The Morgan fingerprint density at radius 1 is 1.03 bits per heavy atom. The van der Waals surface area contributed by atoms with Gasteiger partial charge in [0, 0.05) is 10.9 Å². The molecule has 1 unspecified atom stereocenters. The standard InChI is InChI=1S/C25H24ClN5O2S/c1-17-8-14-22(15-9-17)34(32,33)30-25(28-18(2)27)31-16-23(19-6-4-3-5-7-19)24(29-31)20-10-12-21(26)13-11-20/h3-15,23H,16H2,1-2H3,(H2,27,28,30). The summed E-state index contributed by atoms with van der Waals surface area (Å²) in [6.07, 6.45) is 0. The van der Waals surface area contributed by atoms with E-state index in [1.54, 1.807) is 31.2 Å². The lowest BCUT2D eigenvalue weighted by atomic mass is 9.91. The Balaban J connectivity index is 1.80. The first-order valence-corrected chi connectivity index (χ1v) is 12.4. The summed E-state index contributed by atoms with van der Waals surface area (Å²) in [5.41, 5.74) is 9.44. The summed E-state index contributed by atoms with van der Waals surface area (Å²) in [5, 5.41) is 6.85. The van der Waals surface area contributed by atoms with E-state index in [4.69, 9.17) is 22.4 Å². The maximum absolute atomic E-state index is 13.0. The number of aryl methyl sites for hydroxylation is 1. The summed E-state index contributed by atoms with van der Waals surface area (Å²) >= 11 is 6.08. The molecule has 34 heavy (non-hydrogen) atoms. The van der Waals surface area contributed by atoms with Crippen molar-refractivity contribution in [3.05, 3.63) is 101 Å². The Labute approximate surface area is 204 Å². The van der Waals surface area contributed by atoms with E-state index < -0.39 is 10.0 Å². The lowest BCUT2D eigenvalue weighted by molar-refractivity contribution is 0.470. The molecule has 0 radical (unpaired) electrons. The van der Waals surface area contributed by atoms with Crippen LogP contribution in [0.25, 0.3) is 0 Å². The van der Waals surface area contributed by atoms with Gasteiger partial charge < -0.3 is 5.73 Å². The summed E-state index contributed by atoms with van der Waals surface area (Å²) in [5.74, 6) is -0.0577. The zero-order valence-corrected chi connectivity index (χ0v) is 20.3. The SMILES string of the molecule is CC(N)=NC(=NS(=O)(=O)c1ccc(C)cc1)N1CC(c2ccccc2)C(c2ccc(Cl)cc2)=N1. The molecule has 3 aromatic rings. The van der Waals surface area contributed by atoms with Crippen molar-refractivity contribution in [1.29, 1.82) is 0 Å². The smallest absolute Gasteiger partial charge is 0.285 e. The molecule has 0 aromatic heterocycles. The third-order valence-electron chi connectivity index (χ3n) is 5.28. The number of benzene rings is 3. The van der Waals surface area contributed by atoms with Gasteiger partial charge >= 0.3 is 0 Å². The Morgan fingerprint density at radius 2 is 1.68 bits per heavy atom. The molecule has 2 N–H and O–H groups in total. The van der Waals surface area contributed by atoms with Crippen LogP contribution < -0.4 is 5.73 Å². The topological polar surface area (TPSA) is 100 Å². The van der Waals surface area contributed by atoms with Gasteiger partial charge in [-0.1, -0.05) is 71.8 Å². The molecule has 0 fully saturated rings. The summed E-state index contributed by atoms with van der Waals surface area (Å²) in [6.45, 7) is 3.80. The zero-order valence-electron chi connectivity index (χ0n) is 18.8. The summed E-state index contributed by atoms with van der Waals surface area (Å²) in [4.78, 5) is 4.29. The Hall–Kier alpha value is -3.49. The van der Waals surface area contributed by atoms with E-state index in [1.807, 2.05) is 49.4 Å². The molecule has 0 aliphatic carbocycles. The van der Waals surface area contributed by atoms with Crippen molar-refractivity contribution in [3.8, 4) is 0 Å². The lowest BCUT2D eigenvalue weighted by Crippen LogP contribution is -2.27. The highest BCUT2D eigenvalue weighted by Gasteiger charge is 2.32. The number of sulfonamides is 1. The Kier molecular flexibility index (Phi) is 6.81. The van der Waals surface area contributed by atoms with E-state index in [-0.39, 0.29) is 22.6 Å². The van der Waals surface area contributed by atoms with Crippen LogP contribution in [0.4, 0.5) is 0 Å². The van der Waals surface area contributed by atoms with Crippen LogP contribution in [0.1, 0.15) is 29.5 Å². The number of nitrogens with zero attached hydrogens (tertiary/aromatic N) is 4. The molecule has 1 heterocycles. The van der Waals surface area contributed by atoms with Gasteiger partial charge in [0.05, 0.1) is 23.0 Å². The van der Waals surface area contributed by atoms with Gasteiger partial charge in [-0.25, -0.2) is 5.01 Å². The molecule has 0 spiro atoms. The van der Waals surface area contributed by atoms with Crippen LogP contribution in [-0.4, -0.2) is 37.5 Å². The fourth-order valence-electron chi connectivity index (χ4n) is 3.61. The third kappa shape index (κ3) is 5.35. The van der Waals surface area contributed by atoms with Crippen molar-refractivity contribution in [2.45, 2.75) is 24.7 Å². The molecule has 0 amide bonds. The minimum atomic E-state index is -4.03. The molecule has 7 nitrogen and oxygen atoms in total. The van der Waals surface area contributed by atoms with Crippen molar-refractivity contribution < 1.29 is 8.42 Å². The van der Waals surface area contributed by atoms with Gasteiger partial charge in [-0.05, 0) is 49.2 Å². The van der Waals surface area contributed by atoms with Crippen molar-refractivity contribution in [2.75, 3.05) is 6.54 Å². The van der Waals surface area contributed by atoms with E-state index >= 15 is 0 Å². The number of amidine groups is 1. The number of halogens is 1. The molecule has 1 atom stereocenters. The first kappa shape index (κ1) is 23.7. The second-order valence-corrected chi connectivity index (χ2v) is 10.0. The zero-order chi connectivity index (χ0) is 24.3. The highest BCUT2D eigenvalue weighted by molar-refractivity contribution is 7.90. The first-order valence-electron chi connectivity index (χ1n) is 10.6. The first-order chi connectivity index (χ1) is 16.2. The van der Waals surface area contributed by atoms with Gasteiger partial charge in [0.25, 0.3) is 16.0 Å². The monoisotopic (exact) mass is 493 g/mol. The average Bonchev–Trinajstić information content (AvgIpc) is 3.25. The molecule has 1 aliphatic heterocycles. The lowest BCUT2D eigenvalue weighted by Gasteiger charge is -2.16. The minimum Gasteiger partial charge on any atom is -0.387 e. The van der Waals surface area contributed by atoms with Crippen LogP contribution >= 0.6 is 11.6 Å². The number of hydrogen-bond acceptors (Lipinski definition) is 3. The fourth-order valence-corrected chi connectivity index (χ4v) is 4.67. The summed E-state index contributed by atoms with van der Waals surface area (Å²) < 4.78 is 30.1. The van der Waals surface area contributed by atoms with Crippen LogP contribution in [0.2, 0.25) is 5.02 Å². The molecule has 0 saturated heterocycles. The minimum absolute atomic E-state index is 0.0705. The van der Waals surface area contributed by atoms with Crippen molar-refractivity contribution >= 4 is 39.1 Å². The van der Waals surface area contributed by atoms with Crippen LogP contribution in [-0.2, 0) is 10.0 Å². The maximum Gasteiger partial charge on any atom is 0.285 e. The molecular formula is C25H24ClN5O2S. The molecule has 4 rings (SSSR count). The van der Waals surface area contributed by atoms with Crippen molar-refractivity contribution in [2.24, 2.45) is 20.2 Å². The number of rotatable bonds is 4. The molecule has 174 valence electrons. The highest BCUT2D eigenvalue weighted by Crippen LogP contribution is 2.30. The van der Waals surface area contributed by atoms with Gasteiger partial charge in [0.2, 0.25) is 0 Å². The highest BCUT2D eigenvalue weighted by atomic mass is 35.5. The Bertz CT molecular complexity index is 1360. The van der Waals surface area contributed by atoms with Crippen molar-refractivity contribution in [1.82, 2.24) is 5.01 Å². The predicted octanol–water partition coefficient (Wildman–Crippen LogP) is 4.57. The van der Waals surface area contributed by atoms with Crippen molar-refractivity contribution in [3.63, 3.8) is 0 Å². The van der Waals surface area contributed by atoms with Gasteiger partial charge in [-0.2, -0.15) is 18.5 Å². The molecular weight excluding hydrogens is 470 g/mol. The van der Waals surface area contributed by atoms with Crippen LogP contribution in [0.5, 0.6) is 0 Å². The number of guanidine groups is 1. The van der Waals surface area contributed by atoms with E-state index in [1.165, 1.54) is 17.1 Å². The molecule has 3 aromatic carbocycles. The quantitative estimate of drug-likeness (QED) is 0.424. The normalized spacial score (nSPS) is 17.1. The summed E-state index contributed by atoms with van der Waals surface area (Å²) in [7, 11) is -4.03. The van der Waals surface area contributed by atoms with E-state index in [2.05, 4.69) is 9.39 Å². The number of hydrogen-bond donors (Lipinski definition) is 1. The van der Waals surface area contributed by atoms with E-state index in [9.17, 15) is 8.42 Å². The van der Waals surface area contributed by atoms with Gasteiger partial charge in [-0.3, -0.25) is 0 Å². The van der Waals surface area contributed by atoms with E-state index in [0.29, 0.717) is 11.6 Å². The van der Waals surface area contributed by atoms with Crippen LogP contribution in [0.3, 0.4) is 0 Å². The number of hydrazone groups is 1. The van der Waals surface area contributed by atoms with Gasteiger partial charge in [-0.15, -0.1) is 4.40 Å². The average molecular weight is 494 g/mol. The van der Waals surface area contributed by atoms with Crippen LogP contribution in [0, 0.1) is 6.92 Å². The molecule has 1 aliphatic rings.